The molecule has 1 unspecified atom stereocenters. The van der Waals surface area contributed by atoms with Crippen LogP contribution in [0, 0.1) is 0 Å². The van der Waals surface area contributed by atoms with E-state index in [4.69, 9.17) is 14.6 Å². The number of hydrogen-bond acceptors (Lipinski definition) is 7. The topological polar surface area (TPSA) is 106 Å². The molecule has 166 valence electrons. The Labute approximate surface area is 179 Å². The summed E-state index contributed by atoms with van der Waals surface area (Å²) in [4.78, 5) is 27.4. The monoisotopic (exact) mass is 456 g/mol. The second-order valence-electron chi connectivity index (χ2n) is 7.05. The quantitative estimate of drug-likeness (QED) is 0.748. The average molecular weight is 456 g/mol. The molecule has 4 rings (SSSR count). The predicted molar refractivity (Wildman–Crippen MR) is 104 cm³/mol. The first-order valence-corrected chi connectivity index (χ1v) is 10.2. The maximum atomic E-state index is 12.4. The highest BCUT2D eigenvalue weighted by molar-refractivity contribution is 8.01. The Morgan fingerprint density at radius 1 is 1.23 bits per heavy atom. The Morgan fingerprint density at radius 2 is 1.97 bits per heavy atom. The molecule has 0 aromatic carbocycles. The minimum atomic E-state index is -5.08. The number of nitrogens with zero attached hydrogens (tertiary/aromatic N) is 4. The number of hydrogen-bond donors (Lipinski definition) is 1. The number of carboxylic acids is 1. The van der Waals surface area contributed by atoms with Crippen molar-refractivity contribution in [3.8, 4) is 0 Å². The Bertz CT molecular complexity index is 896. The van der Waals surface area contributed by atoms with Crippen LogP contribution >= 0.6 is 11.8 Å². The van der Waals surface area contributed by atoms with Crippen LogP contribution in [0.3, 0.4) is 0 Å². The van der Waals surface area contributed by atoms with Crippen LogP contribution in [-0.4, -0.2) is 72.9 Å². The van der Waals surface area contributed by atoms with Gasteiger partial charge in [-0.05, 0) is 24.6 Å². The first-order chi connectivity index (χ1) is 14.7. The van der Waals surface area contributed by atoms with E-state index < -0.39 is 12.1 Å². The minimum Gasteiger partial charge on any atom is -0.475 e. The summed E-state index contributed by atoms with van der Waals surface area (Å²) in [7, 11) is 0. The molecule has 2 aliphatic heterocycles. The van der Waals surface area contributed by atoms with Gasteiger partial charge in [0.25, 0.3) is 5.91 Å². The summed E-state index contributed by atoms with van der Waals surface area (Å²) in [5.41, 5.74) is 1.56. The first kappa shape index (κ1) is 22.9. The molecule has 0 aliphatic carbocycles. The van der Waals surface area contributed by atoms with Gasteiger partial charge in [-0.25, -0.2) is 4.79 Å². The fraction of sp³-hybridized carbons (Fsp3) is 0.421. The molecule has 2 saturated heterocycles. The SMILES string of the molecule is O=C(O)C(F)(F)F.O=C(c1ccnnc1)N1CC2(CC(OCc3ccccn3)CS2)C1. The molecule has 4 heterocycles. The molecule has 2 fully saturated rings. The molecule has 0 saturated carbocycles. The van der Waals surface area contributed by atoms with Crippen LogP contribution in [-0.2, 0) is 16.1 Å². The van der Waals surface area contributed by atoms with Gasteiger partial charge in [-0.1, -0.05) is 6.07 Å². The fourth-order valence-electron chi connectivity index (χ4n) is 3.21. The molecule has 1 spiro atoms. The number of rotatable bonds is 4. The van der Waals surface area contributed by atoms with Crippen LogP contribution in [0.25, 0.3) is 0 Å². The van der Waals surface area contributed by atoms with Crippen LogP contribution < -0.4 is 0 Å². The van der Waals surface area contributed by atoms with Crippen molar-refractivity contribution in [3.63, 3.8) is 0 Å². The molecule has 1 atom stereocenters. The number of pyridine rings is 1. The van der Waals surface area contributed by atoms with Gasteiger partial charge in [0.05, 0.1) is 41.1 Å². The van der Waals surface area contributed by atoms with E-state index in [2.05, 4.69) is 15.2 Å². The van der Waals surface area contributed by atoms with E-state index in [1.54, 1.807) is 18.5 Å². The van der Waals surface area contributed by atoms with E-state index >= 15 is 0 Å². The van der Waals surface area contributed by atoms with Crippen LogP contribution in [0.5, 0.6) is 0 Å². The average Bonchev–Trinajstić information content (AvgIpc) is 3.17. The highest BCUT2D eigenvalue weighted by Gasteiger charge is 2.51. The van der Waals surface area contributed by atoms with Crippen LogP contribution in [0.15, 0.2) is 42.9 Å². The molecule has 0 bridgehead atoms. The van der Waals surface area contributed by atoms with E-state index in [0.717, 1.165) is 31.0 Å². The number of alkyl halides is 3. The van der Waals surface area contributed by atoms with Crippen molar-refractivity contribution in [2.75, 3.05) is 18.8 Å². The van der Waals surface area contributed by atoms with Crippen LogP contribution in [0.1, 0.15) is 22.5 Å². The van der Waals surface area contributed by atoms with Gasteiger partial charge < -0.3 is 14.7 Å². The minimum absolute atomic E-state index is 0.0361. The summed E-state index contributed by atoms with van der Waals surface area (Å²) in [6.45, 7) is 2.11. The van der Waals surface area contributed by atoms with Gasteiger partial charge >= 0.3 is 12.1 Å². The lowest BCUT2D eigenvalue weighted by Gasteiger charge is -2.47. The van der Waals surface area contributed by atoms with Crippen molar-refractivity contribution in [1.82, 2.24) is 20.1 Å². The number of thioether (sulfide) groups is 1. The number of ether oxygens (including phenoxy) is 1. The number of amides is 1. The molecule has 2 aromatic heterocycles. The van der Waals surface area contributed by atoms with Crippen LogP contribution in [0.2, 0.25) is 0 Å². The summed E-state index contributed by atoms with van der Waals surface area (Å²) in [5, 5.41) is 14.6. The first-order valence-electron chi connectivity index (χ1n) is 9.20. The normalized spacial score (nSPS) is 19.3. The summed E-state index contributed by atoms with van der Waals surface area (Å²) in [6.07, 6.45) is 0.995. The van der Waals surface area contributed by atoms with Gasteiger partial charge in [-0.3, -0.25) is 9.78 Å². The Morgan fingerprint density at radius 3 is 2.55 bits per heavy atom. The number of likely N-dealkylation sites (tertiary alicyclic amines) is 1. The van der Waals surface area contributed by atoms with Gasteiger partial charge in [-0.15, -0.1) is 11.8 Å². The third kappa shape index (κ3) is 6.14. The molecule has 2 aromatic rings. The molecule has 2 aliphatic rings. The lowest BCUT2D eigenvalue weighted by molar-refractivity contribution is -0.192. The maximum Gasteiger partial charge on any atom is 0.490 e. The second kappa shape index (κ2) is 9.60. The van der Waals surface area contributed by atoms with E-state index in [9.17, 15) is 18.0 Å². The molecule has 8 nitrogen and oxygen atoms in total. The number of aliphatic carboxylic acids is 1. The van der Waals surface area contributed by atoms with E-state index in [1.807, 2.05) is 34.9 Å². The largest absolute Gasteiger partial charge is 0.490 e. The van der Waals surface area contributed by atoms with Crippen molar-refractivity contribution in [2.45, 2.75) is 30.1 Å². The predicted octanol–water partition coefficient (Wildman–Crippen LogP) is 2.42. The molecule has 31 heavy (non-hydrogen) atoms. The smallest absolute Gasteiger partial charge is 0.475 e. The van der Waals surface area contributed by atoms with Crippen molar-refractivity contribution < 1.29 is 32.6 Å². The zero-order valence-corrected chi connectivity index (χ0v) is 17.0. The summed E-state index contributed by atoms with van der Waals surface area (Å²) >= 11 is 1.92. The van der Waals surface area contributed by atoms with Crippen molar-refractivity contribution in [1.29, 1.82) is 0 Å². The Kier molecular flexibility index (Phi) is 7.11. The standard InChI is InChI=1S/C17H18N4O2S.C2HF3O2/c22-16(13-4-6-19-20-8-13)21-11-17(12-21)7-15(10-24-17)23-9-14-3-1-2-5-18-14;3-2(4,5)1(6)7/h1-6,8,15H,7,9-12H2;(H,6,7). The zero-order chi connectivity index (χ0) is 22.5. The zero-order valence-electron chi connectivity index (χ0n) is 16.2. The Balaban J connectivity index is 0.000000339. The number of carbonyl (C=O) groups excluding carboxylic acids is 1. The van der Waals surface area contributed by atoms with Gasteiger partial charge in [0.1, 0.15) is 0 Å². The fourth-order valence-corrected chi connectivity index (χ4v) is 4.76. The summed E-state index contributed by atoms with van der Waals surface area (Å²) in [5.74, 6) is -1.74. The maximum absolute atomic E-state index is 12.4. The van der Waals surface area contributed by atoms with Gasteiger partial charge in [0, 0.05) is 25.0 Å². The number of carboxylic acid groups (broad SMARTS) is 1. The molecule has 1 N–H and O–H groups in total. The highest BCUT2D eigenvalue weighted by Crippen LogP contribution is 2.46. The molecular weight excluding hydrogens is 437 g/mol. The number of halogens is 3. The molecule has 1 amide bonds. The lowest BCUT2D eigenvalue weighted by Crippen LogP contribution is -2.60. The van der Waals surface area contributed by atoms with Crippen molar-refractivity contribution >= 4 is 23.6 Å². The Hall–Kier alpha value is -2.73. The van der Waals surface area contributed by atoms with E-state index in [-0.39, 0.29) is 16.8 Å². The molecular formula is C19H19F3N4O4S. The number of carbonyl (C=O) groups is 2. The summed E-state index contributed by atoms with van der Waals surface area (Å²) < 4.78 is 37.9. The van der Waals surface area contributed by atoms with Crippen molar-refractivity contribution in [2.24, 2.45) is 0 Å². The number of aromatic nitrogens is 3. The van der Waals surface area contributed by atoms with E-state index in [1.165, 1.54) is 6.20 Å². The second-order valence-corrected chi connectivity index (χ2v) is 8.54. The molecule has 12 heteroatoms. The van der Waals surface area contributed by atoms with Crippen molar-refractivity contribution in [3.05, 3.63) is 54.1 Å². The van der Waals surface area contributed by atoms with Gasteiger partial charge in [0.15, 0.2) is 0 Å². The van der Waals surface area contributed by atoms with Crippen LogP contribution in [0.4, 0.5) is 13.2 Å². The third-order valence-corrected chi connectivity index (χ3v) is 6.26. The molecule has 0 radical (unpaired) electrons. The van der Waals surface area contributed by atoms with E-state index in [0.29, 0.717) is 12.2 Å². The van der Waals surface area contributed by atoms with Gasteiger partial charge in [-0.2, -0.15) is 23.4 Å². The van der Waals surface area contributed by atoms with Gasteiger partial charge in [0.2, 0.25) is 0 Å². The third-order valence-electron chi connectivity index (χ3n) is 4.69. The lowest BCUT2D eigenvalue weighted by atomic mass is 9.92. The summed E-state index contributed by atoms with van der Waals surface area (Å²) in [6, 6.07) is 7.56. The highest BCUT2D eigenvalue weighted by atomic mass is 32.2.